The lowest BCUT2D eigenvalue weighted by Gasteiger charge is -2.06. The molecule has 0 atom stereocenters. The molecule has 13 heavy (non-hydrogen) atoms. The molecule has 0 aliphatic carbocycles. The first-order valence-corrected chi connectivity index (χ1v) is 4.57. The fourth-order valence-electron chi connectivity index (χ4n) is 1.22. The van der Waals surface area contributed by atoms with Crippen LogP contribution in [-0.4, -0.2) is 0 Å². The van der Waals surface area contributed by atoms with Crippen LogP contribution in [0.4, 0.5) is 4.39 Å². The lowest BCUT2D eigenvalue weighted by Crippen LogP contribution is -1.90. The Morgan fingerprint density at radius 1 is 1.31 bits per heavy atom. The van der Waals surface area contributed by atoms with Crippen molar-refractivity contribution >= 4 is 6.08 Å². The molecule has 0 radical (unpaired) electrons. The van der Waals surface area contributed by atoms with Gasteiger partial charge in [-0.25, -0.2) is 4.39 Å². The SMILES string of the molecule is CC=Cc1ccc(C(C)C)cc1F. The minimum atomic E-state index is -0.135. The van der Waals surface area contributed by atoms with Crippen LogP contribution in [0.1, 0.15) is 37.8 Å². The van der Waals surface area contributed by atoms with Crippen molar-refractivity contribution in [2.24, 2.45) is 0 Å². The maximum absolute atomic E-state index is 13.3. The topological polar surface area (TPSA) is 0 Å². The number of hydrogen-bond acceptors (Lipinski definition) is 0. The summed E-state index contributed by atoms with van der Waals surface area (Å²) in [6, 6.07) is 5.41. The van der Waals surface area contributed by atoms with Gasteiger partial charge in [-0.3, -0.25) is 0 Å². The summed E-state index contributed by atoms with van der Waals surface area (Å²) in [5.41, 5.74) is 1.71. The molecule has 0 amide bonds. The van der Waals surface area contributed by atoms with Crippen molar-refractivity contribution in [1.29, 1.82) is 0 Å². The number of rotatable bonds is 2. The summed E-state index contributed by atoms with van der Waals surface area (Å²) >= 11 is 0. The Bertz CT molecular complexity index is 311. The van der Waals surface area contributed by atoms with E-state index in [4.69, 9.17) is 0 Å². The summed E-state index contributed by atoms with van der Waals surface area (Å²) in [7, 11) is 0. The Hall–Kier alpha value is -1.11. The number of allylic oxidation sites excluding steroid dienone is 1. The van der Waals surface area contributed by atoms with Crippen LogP contribution >= 0.6 is 0 Å². The van der Waals surface area contributed by atoms with E-state index >= 15 is 0 Å². The Balaban J connectivity index is 3.05. The monoisotopic (exact) mass is 178 g/mol. The van der Waals surface area contributed by atoms with E-state index in [9.17, 15) is 4.39 Å². The van der Waals surface area contributed by atoms with Gasteiger partial charge in [-0.05, 0) is 24.5 Å². The average molecular weight is 178 g/mol. The van der Waals surface area contributed by atoms with Crippen molar-refractivity contribution in [3.63, 3.8) is 0 Å². The lowest BCUT2D eigenvalue weighted by molar-refractivity contribution is 0.620. The summed E-state index contributed by atoms with van der Waals surface area (Å²) in [6.07, 6.45) is 3.62. The highest BCUT2D eigenvalue weighted by Gasteiger charge is 2.03. The third kappa shape index (κ3) is 2.41. The van der Waals surface area contributed by atoms with Crippen LogP contribution < -0.4 is 0 Å². The quantitative estimate of drug-likeness (QED) is 0.642. The maximum atomic E-state index is 13.3. The smallest absolute Gasteiger partial charge is 0.130 e. The summed E-state index contributed by atoms with van der Waals surface area (Å²) in [6.45, 7) is 6.00. The molecule has 0 aliphatic heterocycles. The van der Waals surface area contributed by atoms with Gasteiger partial charge in [0.2, 0.25) is 0 Å². The molecule has 1 heteroatoms. The predicted molar refractivity (Wildman–Crippen MR) is 55.2 cm³/mol. The van der Waals surface area contributed by atoms with Crippen molar-refractivity contribution in [2.45, 2.75) is 26.7 Å². The van der Waals surface area contributed by atoms with Gasteiger partial charge in [0.05, 0.1) is 0 Å². The molecule has 0 N–H and O–H groups in total. The van der Waals surface area contributed by atoms with E-state index in [1.165, 1.54) is 0 Å². The minimum Gasteiger partial charge on any atom is -0.206 e. The van der Waals surface area contributed by atoms with Crippen LogP contribution in [0.5, 0.6) is 0 Å². The maximum Gasteiger partial charge on any atom is 0.130 e. The Morgan fingerprint density at radius 2 is 2.00 bits per heavy atom. The van der Waals surface area contributed by atoms with Crippen LogP contribution in [0.2, 0.25) is 0 Å². The van der Waals surface area contributed by atoms with Crippen LogP contribution in [0, 0.1) is 5.82 Å². The highest BCUT2D eigenvalue weighted by atomic mass is 19.1. The third-order valence-corrected chi connectivity index (χ3v) is 2.04. The third-order valence-electron chi connectivity index (χ3n) is 2.04. The zero-order valence-corrected chi connectivity index (χ0v) is 8.34. The predicted octanol–water partition coefficient (Wildman–Crippen LogP) is 3.98. The zero-order valence-electron chi connectivity index (χ0n) is 8.34. The molecule has 70 valence electrons. The van der Waals surface area contributed by atoms with Crippen molar-refractivity contribution in [3.05, 3.63) is 41.2 Å². The molecule has 0 bridgehead atoms. The summed E-state index contributed by atoms with van der Waals surface area (Å²) in [4.78, 5) is 0. The highest BCUT2D eigenvalue weighted by molar-refractivity contribution is 5.50. The molecule has 0 heterocycles. The normalized spacial score (nSPS) is 11.5. The second-order valence-corrected chi connectivity index (χ2v) is 3.44. The Labute approximate surface area is 79.1 Å². The van der Waals surface area contributed by atoms with Gasteiger partial charge >= 0.3 is 0 Å². The van der Waals surface area contributed by atoms with Gasteiger partial charge in [0.25, 0.3) is 0 Å². The van der Waals surface area contributed by atoms with Crippen LogP contribution in [0.25, 0.3) is 6.08 Å². The van der Waals surface area contributed by atoms with Gasteiger partial charge in [0.1, 0.15) is 5.82 Å². The Kier molecular flexibility index (Phi) is 3.24. The van der Waals surface area contributed by atoms with Crippen molar-refractivity contribution in [3.8, 4) is 0 Å². The first-order valence-electron chi connectivity index (χ1n) is 4.57. The molecule has 0 nitrogen and oxygen atoms in total. The molecule has 0 saturated heterocycles. The summed E-state index contributed by atoms with van der Waals surface area (Å²) in [5, 5.41) is 0. The fourth-order valence-corrected chi connectivity index (χ4v) is 1.22. The second-order valence-electron chi connectivity index (χ2n) is 3.44. The van der Waals surface area contributed by atoms with E-state index in [0.29, 0.717) is 11.5 Å². The first-order chi connectivity index (χ1) is 6.15. The molecule has 0 aliphatic rings. The fraction of sp³-hybridized carbons (Fsp3) is 0.333. The average Bonchev–Trinajstić information content (AvgIpc) is 2.08. The van der Waals surface area contributed by atoms with E-state index in [1.54, 1.807) is 12.1 Å². The largest absolute Gasteiger partial charge is 0.206 e. The van der Waals surface area contributed by atoms with E-state index in [1.807, 2.05) is 25.1 Å². The number of hydrogen-bond donors (Lipinski definition) is 0. The molecule has 0 spiro atoms. The van der Waals surface area contributed by atoms with Gasteiger partial charge in [0.15, 0.2) is 0 Å². The van der Waals surface area contributed by atoms with Crippen LogP contribution in [0.3, 0.4) is 0 Å². The first kappa shape index (κ1) is 9.97. The molecule has 0 fully saturated rings. The van der Waals surface area contributed by atoms with Gasteiger partial charge in [-0.2, -0.15) is 0 Å². The Morgan fingerprint density at radius 3 is 2.46 bits per heavy atom. The van der Waals surface area contributed by atoms with Crippen LogP contribution in [0.15, 0.2) is 24.3 Å². The molecule has 1 rings (SSSR count). The lowest BCUT2D eigenvalue weighted by atomic mass is 10.0. The molecule has 0 aromatic heterocycles. The molecular weight excluding hydrogens is 163 g/mol. The zero-order chi connectivity index (χ0) is 9.84. The molecular formula is C12H15F. The standard InChI is InChI=1S/C12H15F/c1-4-5-10-6-7-11(9(2)3)8-12(10)13/h4-9H,1-3H3. The number of benzene rings is 1. The van der Waals surface area contributed by atoms with Gasteiger partial charge in [0, 0.05) is 5.56 Å². The second kappa shape index (κ2) is 4.22. The summed E-state index contributed by atoms with van der Waals surface area (Å²) < 4.78 is 13.3. The van der Waals surface area contributed by atoms with E-state index in [-0.39, 0.29) is 5.82 Å². The molecule has 1 aromatic carbocycles. The van der Waals surface area contributed by atoms with Crippen molar-refractivity contribution < 1.29 is 4.39 Å². The van der Waals surface area contributed by atoms with Crippen LogP contribution in [-0.2, 0) is 0 Å². The van der Waals surface area contributed by atoms with E-state index in [2.05, 4.69) is 13.8 Å². The van der Waals surface area contributed by atoms with Gasteiger partial charge < -0.3 is 0 Å². The van der Waals surface area contributed by atoms with Gasteiger partial charge in [-0.15, -0.1) is 0 Å². The van der Waals surface area contributed by atoms with Crippen molar-refractivity contribution in [2.75, 3.05) is 0 Å². The van der Waals surface area contributed by atoms with E-state index < -0.39 is 0 Å². The minimum absolute atomic E-state index is 0.135. The van der Waals surface area contributed by atoms with E-state index in [0.717, 1.165) is 5.56 Å². The van der Waals surface area contributed by atoms with Gasteiger partial charge in [-0.1, -0.05) is 38.1 Å². The molecule has 1 aromatic rings. The summed E-state index contributed by atoms with van der Waals surface area (Å²) in [5.74, 6) is 0.249. The molecule has 0 saturated carbocycles. The number of halogens is 1. The molecule has 0 unspecified atom stereocenters. The highest BCUT2D eigenvalue weighted by Crippen LogP contribution is 2.18. The van der Waals surface area contributed by atoms with Crippen molar-refractivity contribution in [1.82, 2.24) is 0 Å².